The van der Waals surface area contributed by atoms with Crippen molar-refractivity contribution in [1.82, 2.24) is 0 Å². The van der Waals surface area contributed by atoms with Crippen molar-refractivity contribution in [2.24, 2.45) is 0 Å². The predicted octanol–water partition coefficient (Wildman–Crippen LogP) is 5.85. The fourth-order valence-electron chi connectivity index (χ4n) is 3.12. The molecule has 1 aliphatic heterocycles. The number of ketones is 1. The van der Waals surface area contributed by atoms with Crippen LogP contribution in [0, 0.1) is 0 Å². The number of hydrogen-bond donors (Lipinski definition) is 0. The Morgan fingerprint density at radius 3 is 2.44 bits per heavy atom. The van der Waals surface area contributed by atoms with Gasteiger partial charge in [-0.15, -0.1) is 0 Å². The molecule has 0 aromatic heterocycles. The zero-order valence-electron chi connectivity index (χ0n) is 17.0. The van der Waals surface area contributed by atoms with Crippen molar-refractivity contribution in [3.8, 4) is 23.0 Å². The molecule has 6 nitrogen and oxygen atoms in total. The van der Waals surface area contributed by atoms with E-state index in [4.69, 9.17) is 42.1 Å². The summed E-state index contributed by atoms with van der Waals surface area (Å²) in [4.78, 5) is 25.2. The van der Waals surface area contributed by atoms with Crippen LogP contribution in [-0.2, 0) is 0 Å². The van der Waals surface area contributed by atoms with E-state index in [1.165, 1.54) is 38.5 Å². The first-order valence-electron chi connectivity index (χ1n) is 9.37. The zero-order valence-corrected chi connectivity index (χ0v) is 18.5. The van der Waals surface area contributed by atoms with Crippen LogP contribution in [0.25, 0.3) is 6.08 Å². The van der Waals surface area contributed by atoms with Crippen molar-refractivity contribution >= 4 is 41.0 Å². The fourth-order valence-corrected chi connectivity index (χ4v) is 3.58. The minimum absolute atomic E-state index is 0.104. The standard InChI is InChI=1S/C24H16Cl2O6/c1-29-19-8-4-14(10-21(19)30-2)24(28)31-16-6-7-17-20(12-16)32-22(23(17)27)9-13-3-5-15(25)11-18(13)26/h3-12H,1-2H3/b22-9-. The second-order valence-electron chi connectivity index (χ2n) is 6.72. The van der Waals surface area contributed by atoms with Gasteiger partial charge in [0.15, 0.2) is 17.3 Å². The molecule has 8 heteroatoms. The Bertz CT molecular complexity index is 1270. The van der Waals surface area contributed by atoms with Gasteiger partial charge in [0.1, 0.15) is 11.5 Å². The molecule has 0 saturated heterocycles. The number of Topliss-reactive ketones (excluding diaryl/α,β-unsaturated/α-hetero) is 1. The number of carbonyl (C=O) groups is 2. The van der Waals surface area contributed by atoms with Crippen molar-refractivity contribution in [3.05, 3.63) is 87.1 Å². The van der Waals surface area contributed by atoms with Gasteiger partial charge in [0.2, 0.25) is 5.78 Å². The average molecular weight is 471 g/mol. The van der Waals surface area contributed by atoms with Gasteiger partial charge in [-0.25, -0.2) is 4.79 Å². The molecule has 0 atom stereocenters. The second-order valence-corrected chi connectivity index (χ2v) is 7.57. The molecule has 4 rings (SSSR count). The molecule has 0 unspecified atom stereocenters. The van der Waals surface area contributed by atoms with E-state index in [0.717, 1.165) is 0 Å². The lowest BCUT2D eigenvalue weighted by Crippen LogP contribution is -2.09. The molecule has 32 heavy (non-hydrogen) atoms. The molecular formula is C24H16Cl2O6. The Morgan fingerprint density at radius 1 is 0.938 bits per heavy atom. The molecule has 0 amide bonds. The maximum Gasteiger partial charge on any atom is 0.343 e. The Labute approximate surface area is 193 Å². The van der Waals surface area contributed by atoms with Crippen molar-refractivity contribution < 1.29 is 28.5 Å². The SMILES string of the molecule is COc1ccc(C(=O)Oc2ccc3c(c2)O/C(=C\c2ccc(Cl)cc2Cl)C3=O)cc1OC. The van der Waals surface area contributed by atoms with E-state index in [0.29, 0.717) is 32.7 Å². The lowest BCUT2D eigenvalue weighted by Gasteiger charge is -2.10. The first-order chi connectivity index (χ1) is 15.4. The van der Waals surface area contributed by atoms with Crippen LogP contribution in [0.1, 0.15) is 26.3 Å². The van der Waals surface area contributed by atoms with E-state index in [9.17, 15) is 9.59 Å². The van der Waals surface area contributed by atoms with E-state index in [2.05, 4.69) is 0 Å². The van der Waals surface area contributed by atoms with E-state index in [-0.39, 0.29) is 28.6 Å². The summed E-state index contributed by atoms with van der Waals surface area (Å²) < 4.78 is 21.5. The van der Waals surface area contributed by atoms with Crippen LogP contribution in [-0.4, -0.2) is 26.0 Å². The van der Waals surface area contributed by atoms with E-state index in [1.807, 2.05) is 0 Å². The smallest absolute Gasteiger partial charge is 0.343 e. The first-order valence-corrected chi connectivity index (χ1v) is 10.1. The van der Waals surface area contributed by atoms with Gasteiger partial charge in [0.25, 0.3) is 0 Å². The van der Waals surface area contributed by atoms with Gasteiger partial charge in [0.05, 0.1) is 25.3 Å². The minimum atomic E-state index is -0.598. The summed E-state index contributed by atoms with van der Waals surface area (Å²) in [6.45, 7) is 0. The van der Waals surface area contributed by atoms with E-state index < -0.39 is 5.97 Å². The van der Waals surface area contributed by atoms with Crippen LogP contribution in [0.2, 0.25) is 10.0 Å². The van der Waals surface area contributed by atoms with Crippen molar-refractivity contribution in [3.63, 3.8) is 0 Å². The quantitative estimate of drug-likeness (QED) is 0.264. The normalized spacial score (nSPS) is 13.5. The van der Waals surface area contributed by atoms with Crippen LogP contribution in [0.4, 0.5) is 0 Å². The first kappa shape index (κ1) is 21.7. The van der Waals surface area contributed by atoms with Crippen molar-refractivity contribution in [1.29, 1.82) is 0 Å². The number of hydrogen-bond acceptors (Lipinski definition) is 6. The lowest BCUT2D eigenvalue weighted by molar-refractivity contribution is 0.0734. The van der Waals surface area contributed by atoms with Crippen LogP contribution >= 0.6 is 23.2 Å². The maximum absolute atomic E-state index is 12.7. The fraction of sp³-hybridized carbons (Fsp3) is 0.0833. The number of halogens is 2. The third kappa shape index (κ3) is 4.28. The molecule has 1 heterocycles. The molecule has 0 radical (unpaired) electrons. The topological polar surface area (TPSA) is 71.1 Å². The number of rotatable bonds is 5. The lowest BCUT2D eigenvalue weighted by atomic mass is 10.1. The summed E-state index contributed by atoms with van der Waals surface area (Å²) in [5, 5.41) is 0.877. The van der Waals surface area contributed by atoms with Crippen LogP contribution < -0.4 is 18.9 Å². The summed E-state index contributed by atoms with van der Waals surface area (Å²) in [5.41, 5.74) is 1.22. The van der Waals surface area contributed by atoms with Gasteiger partial charge in [-0.3, -0.25) is 4.79 Å². The highest BCUT2D eigenvalue weighted by Crippen LogP contribution is 2.36. The van der Waals surface area contributed by atoms with Crippen molar-refractivity contribution in [2.75, 3.05) is 14.2 Å². The monoisotopic (exact) mass is 470 g/mol. The van der Waals surface area contributed by atoms with Gasteiger partial charge >= 0.3 is 5.97 Å². The highest BCUT2D eigenvalue weighted by atomic mass is 35.5. The van der Waals surface area contributed by atoms with E-state index >= 15 is 0 Å². The van der Waals surface area contributed by atoms with Gasteiger partial charge in [-0.1, -0.05) is 29.3 Å². The number of methoxy groups -OCH3 is 2. The number of esters is 1. The Hall–Kier alpha value is -3.48. The molecule has 0 aliphatic carbocycles. The number of benzene rings is 3. The molecule has 3 aromatic carbocycles. The Morgan fingerprint density at radius 2 is 1.72 bits per heavy atom. The van der Waals surface area contributed by atoms with Crippen LogP contribution in [0.3, 0.4) is 0 Å². The average Bonchev–Trinajstić information content (AvgIpc) is 3.09. The summed E-state index contributed by atoms with van der Waals surface area (Å²) >= 11 is 12.1. The van der Waals surface area contributed by atoms with Gasteiger partial charge in [-0.2, -0.15) is 0 Å². The number of allylic oxidation sites excluding steroid dienone is 1. The number of ether oxygens (including phenoxy) is 4. The van der Waals surface area contributed by atoms with Crippen LogP contribution in [0.15, 0.2) is 60.4 Å². The summed E-state index contributed by atoms with van der Waals surface area (Å²) in [6, 6.07) is 14.2. The number of carbonyl (C=O) groups excluding carboxylic acids is 2. The zero-order chi connectivity index (χ0) is 22.8. The Balaban J connectivity index is 1.55. The molecule has 1 aliphatic rings. The van der Waals surface area contributed by atoms with Gasteiger partial charge in [-0.05, 0) is 54.1 Å². The molecular weight excluding hydrogens is 455 g/mol. The van der Waals surface area contributed by atoms with Crippen LogP contribution in [0.5, 0.6) is 23.0 Å². The summed E-state index contributed by atoms with van der Waals surface area (Å²) in [7, 11) is 2.98. The predicted molar refractivity (Wildman–Crippen MR) is 120 cm³/mol. The van der Waals surface area contributed by atoms with Gasteiger partial charge < -0.3 is 18.9 Å². The largest absolute Gasteiger partial charge is 0.493 e. The minimum Gasteiger partial charge on any atom is -0.493 e. The van der Waals surface area contributed by atoms with E-state index in [1.54, 1.807) is 36.4 Å². The highest BCUT2D eigenvalue weighted by molar-refractivity contribution is 6.35. The van der Waals surface area contributed by atoms with Gasteiger partial charge in [0, 0.05) is 16.1 Å². The summed E-state index contributed by atoms with van der Waals surface area (Å²) in [5.74, 6) is 0.607. The molecule has 3 aromatic rings. The number of fused-ring (bicyclic) bond motifs is 1. The van der Waals surface area contributed by atoms with Crippen molar-refractivity contribution in [2.45, 2.75) is 0 Å². The molecule has 0 bridgehead atoms. The molecule has 162 valence electrons. The summed E-state index contributed by atoms with van der Waals surface area (Å²) in [6.07, 6.45) is 1.54. The highest BCUT2D eigenvalue weighted by Gasteiger charge is 2.28. The third-order valence-electron chi connectivity index (χ3n) is 4.72. The maximum atomic E-state index is 12.7. The Kier molecular flexibility index (Phi) is 6.08. The molecule has 0 saturated carbocycles. The third-order valence-corrected chi connectivity index (χ3v) is 5.28. The second kappa shape index (κ2) is 8.94. The molecule has 0 fully saturated rings. The molecule has 0 spiro atoms. The molecule has 0 N–H and O–H groups in total.